The molecule has 1 aliphatic carbocycles. The lowest BCUT2D eigenvalue weighted by Gasteiger charge is -2.23. The highest BCUT2D eigenvalue weighted by Crippen LogP contribution is 2.46. The molecule has 1 nitrogen and oxygen atoms in total. The summed E-state index contributed by atoms with van der Waals surface area (Å²) in [7, 11) is -0.520. The number of thiol groups is 1. The summed E-state index contributed by atoms with van der Waals surface area (Å²) < 4.78 is 0. The molecule has 35 heavy (non-hydrogen) atoms. The molecule has 2 atom stereocenters. The average molecular weight is 541 g/mol. The van der Waals surface area contributed by atoms with Crippen LogP contribution in [0.1, 0.15) is 50.3 Å². The summed E-state index contributed by atoms with van der Waals surface area (Å²) in [5.41, 5.74) is 9.26. The predicted molar refractivity (Wildman–Crippen MR) is 160 cm³/mol. The quantitative estimate of drug-likeness (QED) is 0.147. The zero-order chi connectivity index (χ0) is 25.5. The molecule has 0 bridgehead atoms. The Kier molecular flexibility index (Phi) is 10.2. The van der Waals surface area contributed by atoms with E-state index in [1.807, 2.05) is 31.2 Å². The number of hydrogen-bond donors (Lipinski definition) is 2. The average Bonchev–Trinajstić information content (AvgIpc) is 2.78. The van der Waals surface area contributed by atoms with Gasteiger partial charge in [-0.3, -0.25) is 0 Å². The van der Waals surface area contributed by atoms with Crippen LogP contribution >= 0.6 is 43.8 Å². The molecule has 0 saturated carbocycles. The van der Waals surface area contributed by atoms with E-state index >= 15 is 0 Å². The molecule has 0 fully saturated rings. The van der Waals surface area contributed by atoms with E-state index in [1.165, 1.54) is 16.5 Å². The normalized spacial score (nSPS) is 14.7. The van der Waals surface area contributed by atoms with Crippen molar-refractivity contribution in [1.29, 1.82) is 0 Å². The van der Waals surface area contributed by atoms with Crippen molar-refractivity contribution in [2.45, 2.75) is 51.0 Å². The molecule has 2 unspecified atom stereocenters. The van der Waals surface area contributed by atoms with Gasteiger partial charge in [-0.15, -0.1) is 12.6 Å². The molecule has 0 saturated heterocycles. The number of halogens is 2. The summed E-state index contributed by atoms with van der Waals surface area (Å²) in [6.07, 6.45) is 8.66. The largest absolute Gasteiger partial charge is 0.378 e. The van der Waals surface area contributed by atoms with Crippen LogP contribution < -0.4 is 5.32 Å². The van der Waals surface area contributed by atoms with Gasteiger partial charge in [0, 0.05) is 29.6 Å². The van der Waals surface area contributed by atoms with Crippen LogP contribution in [0.4, 0.5) is 0 Å². The third-order valence-electron chi connectivity index (χ3n) is 5.89. The maximum absolute atomic E-state index is 6.69. The van der Waals surface area contributed by atoms with E-state index < -0.39 is 7.92 Å². The van der Waals surface area contributed by atoms with E-state index in [0.29, 0.717) is 21.3 Å². The van der Waals surface area contributed by atoms with E-state index in [2.05, 4.69) is 80.8 Å². The number of allylic oxidation sites excluding steroid dienone is 4. The third-order valence-corrected chi connectivity index (χ3v) is 8.71. The first-order chi connectivity index (χ1) is 16.7. The van der Waals surface area contributed by atoms with Crippen molar-refractivity contribution in [3.8, 4) is 11.6 Å². The van der Waals surface area contributed by atoms with E-state index in [1.54, 1.807) is 0 Å². The summed E-state index contributed by atoms with van der Waals surface area (Å²) in [5, 5.41) is 5.91. The second kappa shape index (κ2) is 12.9. The van der Waals surface area contributed by atoms with Gasteiger partial charge >= 0.3 is 0 Å². The van der Waals surface area contributed by atoms with Crippen LogP contribution in [0.2, 0.25) is 10.0 Å². The Bertz CT molecular complexity index is 1230. The third kappa shape index (κ3) is 7.80. The van der Waals surface area contributed by atoms with Gasteiger partial charge in [0.1, 0.15) is 0 Å². The maximum atomic E-state index is 6.69. The lowest BCUT2D eigenvalue weighted by molar-refractivity contribution is 0.674. The topological polar surface area (TPSA) is 12.0 Å². The second-order valence-corrected chi connectivity index (χ2v) is 12.4. The standard InChI is InChI=1S/C30H32Cl2NPS/c1-6-34(25-11-7-9-21(4)15-25)14-13-24-17-27(31)30(28(32)18-24)22(5)33-29(20(2)3)19-23-10-8-12-26(35)16-23/h8,10-12,15-18,29,33,35H,2,5-7,9,19H2,1,3-4H3. The van der Waals surface area contributed by atoms with Crippen LogP contribution in [0.25, 0.3) is 5.70 Å². The molecule has 0 radical (unpaired) electrons. The van der Waals surface area contributed by atoms with Gasteiger partial charge in [-0.05, 0) is 74.4 Å². The van der Waals surface area contributed by atoms with Gasteiger partial charge in [0.25, 0.3) is 0 Å². The first kappa shape index (κ1) is 27.7. The second-order valence-electron chi connectivity index (χ2n) is 8.85. The fourth-order valence-corrected chi connectivity index (χ4v) is 6.57. The highest BCUT2D eigenvalue weighted by molar-refractivity contribution is 7.80. The number of hydrogen-bond acceptors (Lipinski definition) is 2. The Morgan fingerprint density at radius 2 is 1.91 bits per heavy atom. The molecule has 0 amide bonds. The minimum absolute atomic E-state index is 0.0161. The van der Waals surface area contributed by atoms with Gasteiger partial charge in [0.05, 0.1) is 16.1 Å². The Balaban J connectivity index is 1.79. The molecule has 3 rings (SSSR count). The highest BCUT2D eigenvalue weighted by atomic mass is 35.5. The number of benzene rings is 2. The summed E-state index contributed by atoms with van der Waals surface area (Å²) in [6, 6.07) is 11.8. The van der Waals surface area contributed by atoms with Crippen LogP contribution in [0.3, 0.4) is 0 Å². The molecular formula is C30H32Cl2NPS. The smallest absolute Gasteiger partial charge is 0.0526 e. The Labute approximate surface area is 227 Å². The summed E-state index contributed by atoms with van der Waals surface area (Å²) in [4.78, 5) is 0.933. The van der Waals surface area contributed by atoms with Crippen LogP contribution in [-0.2, 0) is 6.42 Å². The zero-order valence-electron chi connectivity index (χ0n) is 20.6. The van der Waals surface area contributed by atoms with Crippen molar-refractivity contribution in [2.24, 2.45) is 0 Å². The van der Waals surface area contributed by atoms with Crippen LogP contribution in [0.5, 0.6) is 0 Å². The molecule has 0 heterocycles. The van der Waals surface area contributed by atoms with Crippen molar-refractivity contribution < 1.29 is 0 Å². The van der Waals surface area contributed by atoms with Gasteiger partial charge in [-0.2, -0.15) is 0 Å². The lowest BCUT2D eigenvalue weighted by Crippen LogP contribution is -2.30. The first-order valence-corrected chi connectivity index (χ1v) is 14.5. The van der Waals surface area contributed by atoms with Crippen LogP contribution in [0.15, 0.2) is 83.1 Å². The molecular weight excluding hydrogens is 508 g/mol. The van der Waals surface area contributed by atoms with Gasteiger partial charge in [-0.25, -0.2) is 0 Å². The lowest BCUT2D eigenvalue weighted by atomic mass is 9.99. The molecule has 0 aliphatic heterocycles. The van der Waals surface area contributed by atoms with E-state index in [4.69, 9.17) is 23.2 Å². The maximum Gasteiger partial charge on any atom is 0.0526 e. The van der Waals surface area contributed by atoms with E-state index in [-0.39, 0.29) is 6.04 Å². The molecule has 5 heteroatoms. The van der Waals surface area contributed by atoms with Gasteiger partial charge < -0.3 is 5.32 Å². The van der Waals surface area contributed by atoms with Crippen LogP contribution in [-0.4, -0.2) is 12.2 Å². The van der Waals surface area contributed by atoms with Gasteiger partial charge in [0.2, 0.25) is 0 Å². The molecule has 0 aromatic heterocycles. The monoisotopic (exact) mass is 539 g/mol. The van der Waals surface area contributed by atoms with E-state index in [0.717, 1.165) is 41.5 Å². The van der Waals surface area contributed by atoms with E-state index in [9.17, 15) is 0 Å². The Hall–Kier alpha value is -1.88. The van der Waals surface area contributed by atoms with Crippen molar-refractivity contribution in [3.05, 3.63) is 105 Å². The van der Waals surface area contributed by atoms with Crippen LogP contribution in [0, 0.1) is 11.6 Å². The summed E-state index contributed by atoms with van der Waals surface area (Å²) in [5.74, 6) is 3.32. The summed E-state index contributed by atoms with van der Waals surface area (Å²) >= 11 is 17.8. The fourth-order valence-electron chi connectivity index (χ4n) is 3.96. The molecule has 0 spiro atoms. The van der Waals surface area contributed by atoms with Crippen molar-refractivity contribution in [1.82, 2.24) is 5.32 Å². The Morgan fingerprint density at radius 3 is 2.51 bits per heavy atom. The zero-order valence-corrected chi connectivity index (χ0v) is 23.9. The van der Waals surface area contributed by atoms with Crippen molar-refractivity contribution >= 4 is 49.4 Å². The van der Waals surface area contributed by atoms with Crippen molar-refractivity contribution in [3.63, 3.8) is 0 Å². The molecule has 2 aromatic carbocycles. The minimum atomic E-state index is -0.520. The van der Waals surface area contributed by atoms with Gasteiger partial charge in [0.15, 0.2) is 0 Å². The summed E-state index contributed by atoms with van der Waals surface area (Å²) in [6.45, 7) is 14.8. The highest BCUT2D eigenvalue weighted by Gasteiger charge is 2.17. The molecule has 2 aromatic rings. The first-order valence-electron chi connectivity index (χ1n) is 11.7. The van der Waals surface area contributed by atoms with Gasteiger partial charge in [-0.1, -0.05) is 90.3 Å². The van der Waals surface area contributed by atoms with Crippen molar-refractivity contribution in [2.75, 3.05) is 6.16 Å². The minimum Gasteiger partial charge on any atom is -0.378 e. The number of rotatable bonds is 8. The molecule has 182 valence electrons. The SMILES string of the molecule is C=C(NC(Cc1cccc(S)c1)C(=C)C)c1c(Cl)cc(C#CP(CC)C2=CCCC(C)=C2)cc1Cl. The molecule has 1 aliphatic rings. The number of nitrogens with one attached hydrogen (secondary N) is 1. The predicted octanol–water partition coefficient (Wildman–Crippen LogP) is 9.46. The fraction of sp³-hybridized carbons (Fsp3) is 0.267. The Morgan fingerprint density at radius 1 is 1.20 bits per heavy atom. The molecule has 1 N–H and O–H groups in total.